The van der Waals surface area contributed by atoms with Gasteiger partial charge in [-0.2, -0.15) is 4.98 Å². The predicted octanol–water partition coefficient (Wildman–Crippen LogP) is 2.80. The summed E-state index contributed by atoms with van der Waals surface area (Å²) in [6.45, 7) is 6.23. The standard InChI is InChI=1S/C13H20ClFN4/c1-10(9-19-5-3-2-4-6-19)7-16-12-11(15)8-17-13(14)18-12/h8,10H,2-7,9H2,1H3,(H,16,17,18). The molecule has 1 N–H and O–H groups in total. The zero-order chi connectivity index (χ0) is 13.7. The van der Waals surface area contributed by atoms with Crippen molar-refractivity contribution >= 4 is 17.4 Å². The van der Waals surface area contributed by atoms with Crippen LogP contribution < -0.4 is 5.32 Å². The number of anilines is 1. The summed E-state index contributed by atoms with van der Waals surface area (Å²) in [4.78, 5) is 9.91. The Kier molecular flexibility index (Phi) is 5.34. The van der Waals surface area contributed by atoms with Crippen LogP contribution in [0.15, 0.2) is 6.20 Å². The third-order valence-electron chi connectivity index (χ3n) is 3.35. The van der Waals surface area contributed by atoms with Gasteiger partial charge in [0.05, 0.1) is 6.20 Å². The van der Waals surface area contributed by atoms with Gasteiger partial charge in [-0.15, -0.1) is 0 Å². The quantitative estimate of drug-likeness (QED) is 0.845. The maximum Gasteiger partial charge on any atom is 0.224 e. The van der Waals surface area contributed by atoms with Crippen molar-refractivity contribution in [3.05, 3.63) is 17.3 Å². The van der Waals surface area contributed by atoms with Gasteiger partial charge in [0, 0.05) is 13.1 Å². The highest BCUT2D eigenvalue weighted by atomic mass is 35.5. The van der Waals surface area contributed by atoms with Crippen molar-refractivity contribution in [3.63, 3.8) is 0 Å². The maximum absolute atomic E-state index is 13.4. The smallest absolute Gasteiger partial charge is 0.224 e. The summed E-state index contributed by atoms with van der Waals surface area (Å²) in [5.74, 6) is 0.159. The molecule has 2 heterocycles. The first-order valence-corrected chi connectivity index (χ1v) is 7.17. The molecule has 1 aromatic heterocycles. The lowest BCUT2D eigenvalue weighted by molar-refractivity contribution is 0.204. The molecule has 1 atom stereocenters. The first-order valence-electron chi connectivity index (χ1n) is 6.79. The molecule has 6 heteroatoms. The molecule has 0 spiro atoms. The van der Waals surface area contributed by atoms with Crippen molar-refractivity contribution < 1.29 is 4.39 Å². The average Bonchev–Trinajstić information content (AvgIpc) is 2.41. The van der Waals surface area contributed by atoms with Crippen LogP contribution in [-0.4, -0.2) is 41.0 Å². The van der Waals surface area contributed by atoms with E-state index < -0.39 is 5.82 Å². The Labute approximate surface area is 118 Å². The van der Waals surface area contributed by atoms with E-state index in [0.29, 0.717) is 12.5 Å². The summed E-state index contributed by atoms with van der Waals surface area (Å²) in [5, 5.41) is 3.07. The van der Waals surface area contributed by atoms with Crippen LogP contribution in [0.25, 0.3) is 0 Å². The number of rotatable bonds is 5. The van der Waals surface area contributed by atoms with Gasteiger partial charge in [-0.25, -0.2) is 9.37 Å². The van der Waals surface area contributed by atoms with Crippen LogP contribution in [-0.2, 0) is 0 Å². The van der Waals surface area contributed by atoms with E-state index in [9.17, 15) is 4.39 Å². The van der Waals surface area contributed by atoms with Crippen LogP contribution in [0.2, 0.25) is 5.28 Å². The van der Waals surface area contributed by atoms with E-state index in [1.54, 1.807) is 0 Å². The second-order valence-corrected chi connectivity index (χ2v) is 5.52. The van der Waals surface area contributed by atoms with Crippen molar-refractivity contribution in [2.24, 2.45) is 5.92 Å². The molecule has 106 valence electrons. The fourth-order valence-electron chi connectivity index (χ4n) is 2.39. The van der Waals surface area contributed by atoms with Gasteiger partial charge in [0.25, 0.3) is 0 Å². The number of nitrogens with one attached hydrogen (secondary N) is 1. The first kappa shape index (κ1) is 14.5. The van der Waals surface area contributed by atoms with Crippen LogP contribution in [0.4, 0.5) is 10.2 Å². The van der Waals surface area contributed by atoms with Gasteiger partial charge in [-0.3, -0.25) is 0 Å². The third kappa shape index (κ3) is 4.58. The normalized spacial score (nSPS) is 18.3. The fourth-order valence-corrected chi connectivity index (χ4v) is 2.52. The minimum atomic E-state index is -0.463. The molecule has 0 amide bonds. The molecule has 0 aliphatic carbocycles. The summed E-state index contributed by atoms with van der Waals surface area (Å²) in [7, 11) is 0. The lowest BCUT2D eigenvalue weighted by Crippen LogP contribution is -2.35. The molecule has 1 unspecified atom stereocenters. The first-order chi connectivity index (χ1) is 9.15. The van der Waals surface area contributed by atoms with Crippen molar-refractivity contribution in [2.45, 2.75) is 26.2 Å². The average molecular weight is 287 g/mol. The summed E-state index contributed by atoms with van der Waals surface area (Å²) in [6.07, 6.45) is 5.01. The molecular formula is C13H20ClFN4. The monoisotopic (exact) mass is 286 g/mol. The number of nitrogens with zero attached hydrogens (tertiary/aromatic N) is 3. The van der Waals surface area contributed by atoms with Crippen LogP contribution in [0.3, 0.4) is 0 Å². The van der Waals surface area contributed by atoms with Crippen LogP contribution in [0.1, 0.15) is 26.2 Å². The Morgan fingerprint density at radius 2 is 2.16 bits per heavy atom. The number of likely N-dealkylation sites (tertiary alicyclic amines) is 1. The number of hydrogen-bond donors (Lipinski definition) is 1. The highest BCUT2D eigenvalue weighted by Crippen LogP contribution is 2.14. The van der Waals surface area contributed by atoms with E-state index in [4.69, 9.17) is 11.6 Å². The molecule has 1 aromatic rings. The molecule has 1 saturated heterocycles. The summed E-state index contributed by atoms with van der Waals surface area (Å²) in [5.41, 5.74) is 0. The van der Waals surface area contributed by atoms with E-state index in [0.717, 1.165) is 12.7 Å². The lowest BCUT2D eigenvalue weighted by atomic mass is 10.1. The number of piperidine rings is 1. The Morgan fingerprint density at radius 3 is 2.89 bits per heavy atom. The summed E-state index contributed by atoms with van der Waals surface area (Å²) < 4.78 is 13.4. The van der Waals surface area contributed by atoms with Gasteiger partial charge in [0.1, 0.15) is 0 Å². The minimum absolute atomic E-state index is 0.0626. The molecule has 4 nitrogen and oxygen atoms in total. The summed E-state index contributed by atoms with van der Waals surface area (Å²) >= 11 is 5.65. The van der Waals surface area contributed by atoms with Crippen molar-refractivity contribution in [3.8, 4) is 0 Å². The van der Waals surface area contributed by atoms with Gasteiger partial charge >= 0.3 is 0 Å². The predicted molar refractivity (Wildman–Crippen MR) is 74.9 cm³/mol. The van der Waals surface area contributed by atoms with Gasteiger partial charge < -0.3 is 10.2 Å². The zero-order valence-electron chi connectivity index (χ0n) is 11.2. The molecule has 19 heavy (non-hydrogen) atoms. The molecular weight excluding hydrogens is 267 g/mol. The van der Waals surface area contributed by atoms with Gasteiger partial charge in [-0.1, -0.05) is 13.3 Å². The highest BCUT2D eigenvalue weighted by molar-refractivity contribution is 6.28. The molecule has 1 fully saturated rings. The third-order valence-corrected chi connectivity index (χ3v) is 3.53. The van der Waals surface area contributed by atoms with E-state index in [-0.39, 0.29) is 11.1 Å². The molecule has 0 radical (unpaired) electrons. The highest BCUT2D eigenvalue weighted by Gasteiger charge is 2.14. The number of halogens is 2. The minimum Gasteiger partial charge on any atom is -0.367 e. The molecule has 0 bridgehead atoms. The van der Waals surface area contributed by atoms with Crippen molar-refractivity contribution in [1.82, 2.24) is 14.9 Å². The maximum atomic E-state index is 13.4. The molecule has 2 rings (SSSR count). The SMILES string of the molecule is CC(CNc1nc(Cl)ncc1F)CN1CCCCC1. The number of hydrogen-bond acceptors (Lipinski definition) is 4. The molecule has 0 aromatic carbocycles. The summed E-state index contributed by atoms with van der Waals surface area (Å²) in [6, 6.07) is 0. The van der Waals surface area contributed by atoms with Gasteiger partial charge in [-0.05, 0) is 43.5 Å². The van der Waals surface area contributed by atoms with E-state index in [1.807, 2.05) is 0 Å². The lowest BCUT2D eigenvalue weighted by Gasteiger charge is -2.29. The molecule has 1 aliphatic rings. The Morgan fingerprint density at radius 1 is 1.42 bits per heavy atom. The van der Waals surface area contributed by atoms with Crippen LogP contribution in [0, 0.1) is 11.7 Å². The van der Waals surface area contributed by atoms with E-state index >= 15 is 0 Å². The van der Waals surface area contributed by atoms with Gasteiger partial charge in [0.15, 0.2) is 11.6 Å². The second-order valence-electron chi connectivity index (χ2n) is 5.18. The topological polar surface area (TPSA) is 41.1 Å². The van der Waals surface area contributed by atoms with Gasteiger partial charge in [0.2, 0.25) is 5.28 Å². The Hall–Kier alpha value is -0.940. The van der Waals surface area contributed by atoms with Crippen LogP contribution >= 0.6 is 11.6 Å². The molecule has 0 saturated carbocycles. The van der Waals surface area contributed by atoms with Crippen molar-refractivity contribution in [2.75, 3.05) is 31.5 Å². The van der Waals surface area contributed by atoms with E-state index in [1.165, 1.54) is 32.4 Å². The second kappa shape index (κ2) is 7.01. The largest absolute Gasteiger partial charge is 0.367 e. The number of aromatic nitrogens is 2. The van der Waals surface area contributed by atoms with Crippen molar-refractivity contribution in [1.29, 1.82) is 0 Å². The van der Waals surface area contributed by atoms with E-state index in [2.05, 4.69) is 27.1 Å². The molecule has 1 aliphatic heterocycles. The van der Waals surface area contributed by atoms with Crippen LogP contribution in [0.5, 0.6) is 0 Å². The fraction of sp³-hybridized carbons (Fsp3) is 0.692. The Balaban J connectivity index is 1.79. The zero-order valence-corrected chi connectivity index (χ0v) is 12.0. The Bertz CT molecular complexity index is 410.